The normalized spacial score (nSPS) is 28.3. The summed E-state index contributed by atoms with van der Waals surface area (Å²) in [5, 5.41) is 0.127. The van der Waals surface area contributed by atoms with Crippen LogP contribution in [0.3, 0.4) is 0 Å². The molecule has 102 valence electrons. The van der Waals surface area contributed by atoms with Crippen molar-refractivity contribution in [2.45, 2.75) is 63.0 Å². The maximum absolute atomic E-state index is 11.6. The van der Waals surface area contributed by atoms with Crippen molar-refractivity contribution in [3.63, 3.8) is 0 Å². The molecule has 0 bridgehead atoms. The van der Waals surface area contributed by atoms with Gasteiger partial charge in [0.2, 0.25) is 0 Å². The van der Waals surface area contributed by atoms with Crippen molar-refractivity contribution in [2.75, 3.05) is 6.26 Å². The SMILES string of the molecule is CC(C)C(Cl)CCC1CCCC(S(C)(=O)=O)C1. The van der Waals surface area contributed by atoms with Crippen LogP contribution in [0.1, 0.15) is 52.4 Å². The Morgan fingerprint density at radius 1 is 1.29 bits per heavy atom. The molecule has 0 aliphatic heterocycles. The highest BCUT2D eigenvalue weighted by molar-refractivity contribution is 7.91. The maximum Gasteiger partial charge on any atom is 0.150 e. The van der Waals surface area contributed by atoms with Gasteiger partial charge in [0.05, 0.1) is 5.25 Å². The molecule has 0 aromatic carbocycles. The number of halogens is 1. The molecule has 4 heteroatoms. The molecule has 0 heterocycles. The third-order valence-corrected chi connectivity index (χ3v) is 6.28. The molecule has 1 fully saturated rings. The summed E-state index contributed by atoms with van der Waals surface area (Å²) in [7, 11) is -2.85. The highest BCUT2D eigenvalue weighted by Crippen LogP contribution is 2.32. The van der Waals surface area contributed by atoms with Crippen LogP contribution in [0.4, 0.5) is 0 Å². The second-order valence-electron chi connectivity index (χ2n) is 5.82. The average Bonchev–Trinajstić information content (AvgIpc) is 2.25. The molecule has 0 radical (unpaired) electrons. The van der Waals surface area contributed by atoms with Crippen molar-refractivity contribution in [3.8, 4) is 0 Å². The number of sulfone groups is 1. The first-order valence-electron chi connectivity index (χ1n) is 6.63. The fraction of sp³-hybridized carbons (Fsp3) is 1.00. The van der Waals surface area contributed by atoms with Gasteiger partial charge < -0.3 is 0 Å². The monoisotopic (exact) mass is 280 g/mol. The molecule has 0 N–H and O–H groups in total. The molecule has 17 heavy (non-hydrogen) atoms. The van der Waals surface area contributed by atoms with Crippen LogP contribution >= 0.6 is 11.6 Å². The number of alkyl halides is 1. The molecule has 3 atom stereocenters. The number of hydrogen-bond acceptors (Lipinski definition) is 2. The summed E-state index contributed by atoms with van der Waals surface area (Å²) in [5.41, 5.74) is 0. The van der Waals surface area contributed by atoms with E-state index in [1.165, 1.54) is 12.7 Å². The minimum Gasteiger partial charge on any atom is -0.229 e. The average molecular weight is 281 g/mol. The molecule has 1 saturated carbocycles. The Morgan fingerprint density at radius 3 is 2.47 bits per heavy atom. The molecule has 1 rings (SSSR count). The fourth-order valence-electron chi connectivity index (χ4n) is 2.62. The van der Waals surface area contributed by atoms with Gasteiger partial charge in [-0.2, -0.15) is 0 Å². The van der Waals surface area contributed by atoms with Gasteiger partial charge in [0.1, 0.15) is 9.84 Å². The second kappa shape index (κ2) is 6.42. The summed E-state index contributed by atoms with van der Waals surface area (Å²) >= 11 is 6.24. The van der Waals surface area contributed by atoms with Crippen LogP contribution in [0.2, 0.25) is 0 Å². The third-order valence-electron chi connectivity index (χ3n) is 3.91. The highest BCUT2D eigenvalue weighted by Gasteiger charge is 2.29. The van der Waals surface area contributed by atoms with Crippen molar-refractivity contribution in [1.29, 1.82) is 0 Å². The van der Waals surface area contributed by atoms with Gasteiger partial charge in [-0.1, -0.05) is 26.7 Å². The smallest absolute Gasteiger partial charge is 0.150 e. The Morgan fingerprint density at radius 2 is 1.94 bits per heavy atom. The zero-order chi connectivity index (χ0) is 13.1. The topological polar surface area (TPSA) is 34.1 Å². The van der Waals surface area contributed by atoms with Crippen molar-refractivity contribution in [3.05, 3.63) is 0 Å². The lowest BCUT2D eigenvalue weighted by molar-refractivity contribution is 0.324. The summed E-state index contributed by atoms with van der Waals surface area (Å²) in [6.07, 6.45) is 7.40. The lowest BCUT2D eigenvalue weighted by Gasteiger charge is -2.28. The van der Waals surface area contributed by atoms with Gasteiger partial charge in [0.15, 0.2) is 0 Å². The zero-order valence-corrected chi connectivity index (χ0v) is 12.7. The van der Waals surface area contributed by atoms with Crippen LogP contribution in [0.25, 0.3) is 0 Å². The Bertz CT molecular complexity index is 324. The van der Waals surface area contributed by atoms with Gasteiger partial charge in [-0.05, 0) is 37.5 Å². The summed E-state index contributed by atoms with van der Waals surface area (Å²) in [4.78, 5) is 0. The quantitative estimate of drug-likeness (QED) is 0.721. The zero-order valence-electron chi connectivity index (χ0n) is 11.2. The van der Waals surface area contributed by atoms with Gasteiger partial charge in [0.25, 0.3) is 0 Å². The van der Waals surface area contributed by atoms with Crippen LogP contribution in [-0.4, -0.2) is 25.3 Å². The third kappa shape index (κ3) is 5.17. The minimum atomic E-state index is -2.85. The van der Waals surface area contributed by atoms with Gasteiger partial charge in [-0.15, -0.1) is 11.6 Å². The van der Waals surface area contributed by atoms with Gasteiger partial charge >= 0.3 is 0 Å². The Hall–Kier alpha value is 0.240. The van der Waals surface area contributed by atoms with E-state index < -0.39 is 9.84 Å². The first-order chi connectivity index (χ1) is 7.80. The Labute approximate surface area is 111 Å². The predicted octanol–water partition coefficient (Wildman–Crippen LogP) is 3.63. The molecule has 3 unspecified atom stereocenters. The lowest BCUT2D eigenvalue weighted by atomic mass is 9.84. The van der Waals surface area contributed by atoms with Crippen LogP contribution in [0.15, 0.2) is 0 Å². The standard InChI is InChI=1S/C13H25ClO2S/c1-10(2)13(14)8-7-11-5-4-6-12(9-11)17(3,15)16/h10-13H,4-9H2,1-3H3. The summed E-state index contributed by atoms with van der Waals surface area (Å²) in [5.74, 6) is 1.06. The van der Waals surface area contributed by atoms with Gasteiger partial charge in [-0.3, -0.25) is 0 Å². The fourth-order valence-corrected chi connectivity index (χ4v) is 3.96. The van der Waals surface area contributed by atoms with Crippen LogP contribution < -0.4 is 0 Å². The summed E-state index contributed by atoms with van der Waals surface area (Å²) in [6, 6.07) is 0. The Kier molecular flexibility index (Phi) is 5.78. The van der Waals surface area contributed by atoms with E-state index in [1.54, 1.807) is 0 Å². The molecule has 1 aliphatic carbocycles. The molecule has 1 aliphatic rings. The Balaban J connectivity index is 2.40. The van der Waals surface area contributed by atoms with E-state index >= 15 is 0 Å². The van der Waals surface area contributed by atoms with E-state index in [2.05, 4.69) is 13.8 Å². The van der Waals surface area contributed by atoms with Crippen LogP contribution in [0.5, 0.6) is 0 Å². The lowest BCUT2D eigenvalue weighted by Crippen LogP contribution is -2.27. The first-order valence-corrected chi connectivity index (χ1v) is 9.02. The van der Waals surface area contributed by atoms with E-state index in [0.717, 1.165) is 32.1 Å². The second-order valence-corrected chi connectivity index (χ2v) is 8.71. The summed E-state index contributed by atoms with van der Waals surface area (Å²) < 4.78 is 23.1. The van der Waals surface area contributed by atoms with E-state index in [-0.39, 0.29) is 10.6 Å². The summed E-state index contributed by atoms with van der Waals surface area (Å²) in [6.45, 7) is 4.27. The first kappa shape index (κ1) is 15.3. The van der Waals surface area contributed by atoms with Crippen LogP contribution in [0, 0.1) is 11.8 Å². The largest absolute Gasteiger partial charge is 0.229 e. The van der Waals surface area contributed by atoms with Gasteiger partial charge in [0, 0.05) is 11.6 Å². The molecule has 0 aromatic rings. The van der Waals surface area contributed by atoms with E-state index in [4.69, 9.17) is 11.6 Å². The molecule has 0 aromatic heterocycles. The highest BCUT2D eigenvalue weighted by atomic mass is 35.5. The van der Waals surface area contributed by atoms with Crippen molar-refractivity contribution < 1.29 is 8.42 Å². The van der Waals surface area contributed by atoms with E-state index in [0.29, 0.717) is 11.8 Å². The molecule has 0 amide bonds. The number of hydrogen-bond donors (Lipinski definition) is 0. The van der Waals surface area contributed by atoms with E-state index in [9.17, 15) is 8.42 Å². The molecule has 0 saturated heterocycles. The minimum absolute atomic E-state index is 0.103. The predicted molar refractivity (Wildman–Crippen MR) is 74.3 cm³/mol. The van der Waals surface area contributed by atoms with Gasteiger partial charge in [-0.25, -0.2) is 8.42 Å². The van der Waals surface area contributed by atoms with Crippen molar-refractivity contribution in [2.24, 2.45) is 11.8 Å². The van der Waals surface area contributed by atoms with E-state index in [1.807, 2.05) is 0 Å². The van der Waals surface area contributed by atoms with Crippen LogP contribution in [-0.2, 0) is 9.84 Å². The molecule has 2 nitrogen and oxygen atoms in total. The van der Waals surface area contributed by atoms with Crippen molar-refractivity contribution >= 4 is 21.4 Å². The molecular formula is C13H25ClO2S. The maximum atomic E-state index is 11.6. The molecular weight excluding hydrogens is 256 g/mol. The van der Waals surface area contributed by atoms with Crippen molar-refractivity contribution in [1.82, 2.24) is 0 Å². The molecule has 0 spiro atoms. The number of rotatable bonds is 5.